The first kappa shape index (κ1) is 13.3. The topological polar surface area (TPSA) is 58.6 Å². The summed E-state index contributed by atoms with van der Waals surface area (Å²) in [5.41, 5.74) is 0. The molecule has 0 radical (unpaired) electrons. The molecule has 2 fully saturated rings. The lowest BCUT2D eigenvalue weighted by Gasteiger charge is -2.41. The highest BCUT2D eigenvalue weighted by Crippen LogP contribution is 2.30. The van der Waals surface area contributed by atoms with Gasteiger partial charge in [0, 0.05) is 18.6 Å². The number of nitrogens with zero attached hydrogens (tertiary/aromatic N) is 1. The third-order valence-corrected chi connectivity index (χ3v) is 4.46. The van der Waals surface area contributed by atoms with Crippen molar-refractivity contribution in [1.82, 2.24) is 10.2 Å². The molecule has 5 heteroatoms. The molecule has 1 amide bonds. The molecule has 0 saturated carbocycles. The predicted molar refractivity (Wildman–Crippen MR) is 66.9 cm³/mol. The highest BCUT2D eigenvalue weighted by Gasteiger charge is 2.43. The van der Waals surface area contributed by atoms with Crippen molar-refractivity contribution < 1.29 is 14.3 Å². The monoisotopic (exact) mass is 254 g/mol. The Bertz CT molecular complexity index is 345. The Morgan fingerprint density at radius 2 is 2.22 bits per heavy atom. The Balaban J connectivity index is 2.07. The minimum Gasteiger partial charge on any atom is -0.469 e. The largest absolute Gasteiger partial charge is 0.469 e. The average Bonchev–Trinajstić information content (AvgIpc) is 2.78. The molecule has 2 heterocycles. The summed E-state index contributed by atoms with van der Waals surface area (Å²) in [4.78, 5) is 25.6. The first-order chi connectivity index (χ1) is 8.56. The second kappa shape index (κ2) is 5.26. The van der Waals surface area contributed by atoms with Crippen molar-refractivity contribution >= 4 is 11.9 Å². The lowest BCUT2D eigenvalue weighted by Crippen LogP contribution is -2.52. The van der Waals surface area contributed by atoms with E-state index in [0.29, 0.717) is 6.54 Å². The molecule has 102 valence electrons. The number of methoxy groups -OCH3 is 1. The van der Waals surface area contributed by atoms with Gasteiger partial charge in [-0.15, -0.1) is 0 Å². The zero-order valence-electron chi connectivity index (χ0n) is 11.3. The van der Waals surface area contributed by atoms with E-state index in [2.05, 4.69) is 10.2 Å². The van der Waals surface area contributed by atoms with E-state index in [1.807, 2.05) is 13.8 Å². The number of nitrogens with one attached hydrogen (secondary N) is 1. The molecule has 0 aromatic rings. The third kappa shape index (κ3) is 2.23. The normalized spacial score (nSPS) is 31.4. The zero-order valence-corrected chi connectivity index (χ0v) is 11.3. The van der Waals surface area contributed by atoms with Gasteiger partial charge >= 0.3 is 5.97 Å². The lowest BCUT2D eigenvalue weighted by atomic mass is 9.88. The predicted octanol–water partition coefficient (Wildman–Crippen LogP) is 0.394. The summed E-state index contributed by atoms with van der Waals surface area (Å²) in [6.07, 6.45) is 1.99. The van der Waals surface area contributed by atoms with Gasteiger partial charge in [0.25, 0.3) is 0 Å². The highest BCUT2D eigenvalue weighted by atomic mass is 16.5. The van der Waals surface area contributed by atoms with E-state index in [1.54, 1.807) is 0 Å². The van der Waals surface area contributed by atoms with E-state index in [-0.39, 0.29) is 35.8 Å². The van der Waals surface area contributed by atoms with E-state index >= 15 is 0 Å². The van der Waals surface area contributed by atoms with Crippen molar-refractivity contribution in [2.24, 2.45) is 11.8 Å². The van der Waals surface area contributed by atoms with Crippen LogP contribution in [-0.4, -0.2) is 49.1 Å². The van der Waals surface area contributed by atoms with Gasteiger partial charge in [-0.05, 0) is 26.3 Å². The lowest BCUT2D eigenvalue weighted by molar-refractivity contribution is -0.147. The van der Waals surface area contributed by atoms with Gasteiger partial charge in [0.1, 0.15) is 0 Å². The van der Waals surface area contributed by atoms with Crippen molar-refractivity contribution in [3.63, 3.8) is 0 Å². The standard InChI is InChI=1S/C13H22N2O3/c1-8(13(17)18-3)9(2)15-6-4-5-10-11(15)7-14-12(10)16/h8-11H,4-7H2,1-3H3,(H,14,16). The van der Waals surface area contributed by atoms with Gasteiger partial charge in [-0.25, -0.2) is 0 Å². The summed E-state index contributed by atoms with van der Waals surface area (Å²) in [6.45, 7) is 5.61. The van der Waals surface area contributed by atoms with Gasteiger partial charge in [0.15, 0.2) is 0 Å². The quantitative estimate of drug-likeness (QED) is 0.740. The molecule has 4 unspecified atom stereocenters. The number of carbonyl (C=O) groups is 2. The van der Waals surface area contributed by atoms with E-state index in [4.69, 9.17) is 4.74 Å². The molecule has 0 aromatic carbocycles. The smallest absolute Gasteiger partial charge is 0.309 e. The SMILES string of the molecule is COC(=O)C(C)C(C)N1CCCC2C(=O)NCC21. The van der Waals surface area contributed by atoms with Crippen molar-refractivity contribution in [2.75, 3.05) is 20.2 Å². The fourth-order valence-corrected chi connectivity index (χ4v) is 3.16. The molecule has 0 aliphatic carbocycles. The van der Waals surface area contributed by atoms with Crippen LogP contribution in [0.25, 0.3) is 0 Å². The van der Waals surface area contributed by atoms with Crippen LogP contribution < -0.4 is 5.32 Å². The van der Waals surface area contributed by atoms with Crippen LogP contribution in [0, 0.1) is 11.8 Å². The first-order valence-electron chi connectivity index (χ1n) is 6.67. The van der Waals surface area contributed by atoms with Gasteiger partial charge in [-0.3, -0.25) is 14.5 Å². The van der Waals surface area contributed by atoms with Gasteiger partial charge in [-0.2, -0.15) is 0 Å². The van der Waals surface area contributed by atoms with Crippen LogP contribution in [0.2, 0.25) is 0 Å². The van der Waals surface area contributed by atoms with Crippen LogP contribution in [0.3, 0.4) is 0 Å². The fourth-order valence-electron chi connectivity index (χ4n) is 3.16. The van der Waals surface area contributed by atoms with Crippen molar-refractivity contribution in [3.8, 4) is 0 Å². The van der Waals surface area contributed by atoms with Crippen molar-refractivity contribution in [2.45, 2.75) is 38.8 Å². The Morgan fingerprint density at radius 1 is 1.50 bits per heavy atom. The minimum atomic E-state index is -0.179. The summed E-state index contributed by atoms with van der Waals surface area (Å²) in [5, 5.41) is 2.93. The molecule has 1 N–H and O–H groups in total. The number of esters is 1. The van der Waals surface area contributed by atoms with Gasteiger partial charge in [0.05, 0.1) is 18.9 Å². The van der Waals surface area contributed by atoms with E-state index in [9.17, 15) is 9.59 Å². The number of rotatable bonds is 3. The fraction of sp³-hybridized carbons (Fsp3) is 0.846. The number of piperidine rings is 1. The molecule has 2 saturated heterocycles. The number of amides is 1. The molecule has 2 rings (SSSR count). The van der Waals surface area contributed by atoms with Crippen LogP contribution in [0.5, 0.6) is 0 Å². The van der Waals surface area contributed by atoms with Gasteiger partial charge in [-0.1, -0.05) is 6.92 Å². The molecule has 18 heavy (non-hydrogen) atoms. The van der Waals surface area contributed by atoms with E-state index in [1.165, 1.54) is 7.11 Å². The number of hydrogen-bond acceptors (Lipinski definition) is 4. The molecule has 4 atom stereocenters. The molecular weight excluding hydrogens is 232 g/mol. The van der Waals surface area contributed by atoms with Crippen LogP contribution in [-0.2, 0) is 14.3 Å². The molecule has 5 nitrogen and oxygen atoms in total. The van der Waals surface area contributed by atoms with E-state index in [0.717, 1.165) is 19.4 Å². The number of likely N-dealkylation sites (tertiary alicyclic amines) is 1. The molecule has 2 aliphatic heterocycles. The number of carbonyl (C=O) groups excluding carboxylic acids is 2. The first-order valence-corrected chi connectivity index (χ1v) is 6.67. The maximum atomic E-state index is 11.7. The Labute approximate surface area is 108 Å². The maximum absolute atomic E-state index is 11.7. The summed E-state index contributed by atoms with van der Waals surface area (Å²) in [6, 6.07) is 0.353. The third-order valence-electron chi connectivity index (χ3n) is 4.46. The van der Waals surface area contributed by atoms with Crippen LogP contribution in [0.1, 0.15) is 26.7 Å². The second-order valence-corrected chi connectivity index (χ2v) is 5.35. The Kier molecular flexibility index (Phi) is 3.90. The molecular formula is C13H22N2O3. The van der Waals surface area contributed by atoms with Gasteiger partial charge < -0.3 is 10.1 Å². The molecule has 0 aromatic heterocycles. The average molecular weight is 254 g/mol. The molecule has 0 spiro atoms. The van der Waals surface area contributed by atoms with Crippen LogP contribution in [0.15, 0.2) is 0 Å². The molecule has 0 bridgehead atoms. The zero-order chi connectivity index (χ0) is 13.3. The highest BCUT2D eigenvalue weighted by molar-refractivity contribution is 5.82. The van der Waals surface area contributed by atoms with E-state index < -0.39 is 0 Å². The maximum Gasteiger partial charge on any atom is 0.309 e. The van der Waals surface area contributed by atoms with Crippen molar-refractivity contribution in [3.05, 3.63) is 0 Å². The summed E-state index contributed by atoms with van der Waals surface area (Å²) in [7, 11) is 1.42. The minimum absolute atomic E-state index is 0.103. The van der Waals surface area contributed by atoms with Crippen LogP contribution in [0.4, 0.5) is 0 Å². The van der Waals surface area contributed by atoms with Gasteiger partial charge in [0.2, 0.25) is 5.91 Å². The number of fused-ring (bicyclic) bond motifs is 1. The Morgan fingerprint density at radius 3 is 2.89 bits per heavy atom. The number of hydrogen-bond donors (Lipinski definition) is 1. The van der Waals surface area contributed by atoms with Crippen LogP contribution >= 0.6 is 0 Å². The Hall–Kier alpha value is -1.10. The summed E-state index contributed by atoms with van der Waals surface area (Å²) >= 11 is 0. The van der Waals surface area contributed by atoms with Crippen molar-refractivity contribution in [1.29, 1.82) is 0 Å². The molecule has 2 aliphatic rings. The summed E-state index contributed by atoms with van der Waals surface area (Å²) < 4.78 is 4.81. The second-order valence-electron chi connectivity index (χ2n) is 5.35. The summed E-state index contributed by atoms with van der Waals surface area (Å²) in [5.74, 6) is -0.0694. The number of ether oxygens (including phenoxy) is 1.